The minimum absolute atomic E-state index is 0.0544. The van der Waals surface area contributed by atoms with Gasteiger partial charge in [-0.15, -0.1) is 13.2 Å². The van der Waals surface area contributed by atoms with E-state index in [0.717, 1.165) is 6.26 Å². The number of aromatic amines is 1. The number of nitrogens with zero attached hydrogens (tertiary/aromatic N) is 1. The van der Waals surface area contributed by atoms with Crippen LogP contribution in [-0.2, 0) is 57.0 Å². The number of hydrogen-bond donors (Lipinski definition) is 9. The Kier molecular flexibility index (Phi) is 14.8. The third kappa shape index (κ3) is 8.65. The van der Waals surface area contributed by atoms with E-state index in [-0.39, 0.29) is 24.0 Å². The van der Waals surface area contributed by atoms with Crippen LogP contribution in [0.4, 0.5) is 0 Å². The molecule has 9 N–H and O–H groups in total. The van der Waals surface area contributed by atoms with Crippen molar-refractivity contribution in [3.05, 3.63) is 84.5 Å². The van der Waals surface area contributed by atoms with Crippen molar-refractivity contribution in [1.82, 2.24) is 9.88 Å². The summed E-state index contributed by atoms with van der Waals surface area (Å²) >= 11 is 0. The van der Waals surface area contributed by atoms with Crippen molar-refractivity contribution in [2.75, 3.05) is 34.5 Å². The highest BCUT2D eigenvalue weighted by atomic mass is 16.8. The first-order valence-corrected chi connectivity index (χ1v) is 22.2. The molecule has 0 aliphatic carbocycles. The van der Waals surface area contributed by atoms with Crippen LogP contribution < -0.4 is 0 Å². The van der Waals surface area contributed by atoms with Gasteiger partial charge >= 0.3 is 17.9 Å². The molecule has 3 saturated heterocycles. The van der Waals surface area contributed by atoms with Crippen molar-refractivity contribution in [3.63, 3.8) is 0 Å². The number of aliphatic hydroxyl groups is 8. The zero-order valence-electron chi connectivity index (χ0n) is 37.3. The Morgan fingerprint density at radius 2 is 1.40 bits per heavy atom. The molecule has 0 radical (unpaired) electrons. The summed E-state index contributed by atoms with van der Waals surface area (Å²) in [5.41, 5.74) is 2.13. The second kappa shape index (κ2) is 20.3. The van der Waals surface area contributed by atoms with Crippen molar-refractivity contribution < 1.29 is 97.9 Å². The molecule has 0 saturated carbocycles. The summed E-state index contributed by atoms with van der Waals surface area (Å²) in [7, 11) is 4.13. The van der Waals surface area contributed by atoms with Gasteiger partial charge in [-0.1, -0.05) is 30.4 Å². The largest absolute Gasteiger partial charge is 0.471 e. The molecule has 0 amide bonds. The number of carbonyl (C=O) groups excluding carboxylic acids is 3. The van der Waals surface area contributed by atoms with Crippen LogP contribution in [0.15, 0.2) is 73.2 Å². The molecule has 2 aromatic rings. The van der Waals surface area contributed by atoms with Crippen LogP contribution in [0, 0.1) is 23.7 Å². The number of cyclic esters (lactones) is 1. The molecular formula is C46H58N2O20. The second-order valence-corrected chi connectivity index (χ2v) is 17.7. The van der Waals surface area contributed by atoms with Crippen LogP contribution >= 0.6 is 0 Å². The van der Waals surface area contributed by atoms with Crippen molar-refractivity contribution in [2.45, 2.75) is 111 Å². The quantitative estimate of drug-likeness (QED) is 0.0634. The number of methoxy groups -OCH3 is 2. The van der Waals surface area contributed by atoms with Gasteiger partial charge in [0.1, 0.15) is 61.0 Å². The van der Waals surface area contributed by atoms with Gasteiger partial charge in [-0.25, -0.2) is 9.59 Å². The number of ether oxygens (including phenoxy) is 9. The highest BCUT2D eigenvalue weighted by Crippen LogP contribution is 2.53. The normalized spacial score (nSPS) is 40.5. The van der Waals surface area contributed by atoms with Gasteiger partial charge in [0.25, 0.3) is 0 Å². The summed E-state index contributed by atoms with van der Waals surface area (Å²) in [6.07, 6.45) is -14.1. The Morgan fingerprint density at radius 1 is 0.809 bits per heavy atom. The van der Waals surface area contributed by atoms with Crippen molar-refractivity contribution in [3.8, 4) is 0 Å². The summed E-state index contributed by atoms with van der Waals surface area (Å²) in [5.74, 6) is -6.32. The van der Waals surface area contributed by atoms with Crippen LogP contribution in [0.25, 0.3) is 10.9 Å². The standard InChI is InChI=1S/C46H58N2O20/c1-6-18-21(23(40(57)60-4)16-62-43(18)67-45-38(55)36(53)34(51)28(14-49)65-45)12-26-32-30(20-10-8-9-11-25(20)47-32)31(33(48(26)3)42(59)61-5)27-13-22-19(7-2)44(63-17-24(22)41(58)64-27)68-46-39(56)37(54)35(52)29(15-50)66-46/h6-11,16-19,21-22,26-29,31,33-39,43-47,49-56H,1-2,12-15H2,3-5H3/t18-,19-,21+,22+,26+,27-,28-,29-,31-,33+,34-,35-,36+,37+,38-,39-,43+,44+,45+,46+/m1/s1. The zero-order valence-corrected chi connectivity index (χ0v) is 37.3. The van der Waals surface area contributed by atoms with Crippen LogP contribution in [-0.4, -0.2) is 189 Å². The molecule has 20 atom stereocenters. The minimum Gasteiger partial charge on any atom is -0.471 e. The number of benzene rings is 1. The summed E-state index contributed by atoms with van der Waals surface area (Å²) in [6, 6.07) is 5.48. The maximum atomic E-state index is 14.4. The Balaban J connectivity index is 1.15. The third-order valence-electron chi connectivity index (χ3n) is 14.2. The monoisotopic (exact) mass is 958 g/mol. The first kappa shape index (κ1) is 49.6. The molecule has 6 aliphatic rings. The van der Waals surface area contributed by atoms with E-state index in [1.807, 2.05) is 24.3 Å². The molecule has 8 rings (SSSR count). The number of aliphatic hydroxyl groups excluding tert-OH is 8. The molecule has 1 aromatic heterocycles. The third-order valence-corrected chi connectivity index (χ3v) is 14.2. The number of fused-ring (bicyclic) bond motifs is 4. The number of esters is 3. The molecule has 68 heavy (non-hydrogen) atoms. The predicted molar refractivity (Wildman–Crippen MR) is 228 cm³/mol. The lowest BCUT2D eigenvalue weighted by Crippen LogP contribution is -2.60. The van der Waals surface area contributed by atoms with Gasteiger partial charge in [-0.05, 0) is 31.5 Å². The van der Waals surface area contributed by atoms with Gasteiger partial charge in [0.05, 0.1) is 57.1 Å². The van der Waals surface area contributed by atoms with E-state index in [1.165, 1.54) is 32.6 Å². The van der Waals surface area contributed by atoms with E-state index in [4.69, 9.17) is 42.6 Å². The zero-order chi connectivity index (χ0) is 48.9. The summed E-state index contributed by atoms with van der Waals surface area (Å²) in [6.45, 7) is 6.59. The molecule has 0 unspecified atom stereocenters. The molecule has 22 heteroatoms. The first-order chi connectivity index (χ1) is 32.6. The average molecular weight is 959 g/mol. The smallest absolute Gasteiger partial charge is 0.337 e. The van der Waals surface area contributed by atoms with Gasteiger partial charge in [0.15, 0.2) is 12.6 Å². The lowest BCUT2D eigenvalue weighted by molar-refractivity contribution is -0.339. The van der Waals surface area contributed by atoms with Gasteiger partial charge in [0.2, 0.25) is 12.6 Å². The first-order valence-electron chi connectivity index (χ1n) is 22.2. The summed E-state index contributed by atoms with van der Waals surface area (Å²) < 4.78 is 51.9. The van der Waals surface area contributed by atoms with Crippen molar-refractivity contribution >= 4 is 28.8 Å². The molecular weight excluding hydrogens is 901 g/mol. The van der Waals surface area contributed by atoms with E-state index in [2.05, 4.69) is 18.1 Å². The number of carbonyl (C=O) groups is 3. The number of H-pyrrole nitrogens is 1. The Labute approximate surface area is 389 Å². The van der Waals surface area contributed by atoms with E-state index < -0.39 is 153 Å². The number of aromatic nitrogens is 1. The van der Waals surface area contributed by atoms with Gasteiger partial charge in [-0.3, -0.25) is 9.69 Å². The Morgan fingerprint density at radius 3 is 1.97 bits per heavy atom. The fourth-order valence-corrected chi connectivity index (χ4v) is 10.6. The summed E-state index contributed by atoms with van der Waals surface area (Å²) in [4.78, 5) is 47.3. The highest BCUT2D eigenvalue weighted by Gasteiger charge is 2.56. The fraction of sp³-hybridized carbons (Fsp3) is 0.587. The van der Waals surface area contributed by atoms with Crippen LogP contribution in [0.3, 0.4) is 0 Å². The second-order valence-electron chi connectivity index (χ2n) is 17.7. The topological polar surface area (TPSA) is 315 Å². The number of hydrogen-bond acceptors (Lipinski definition) is 21. The molecule has 7 heterocycles. The van der Waals surface area contributed by atoms with Crippen LogP contribution in [0.5, 0.6) is 0 Å². The van der Waals surface area contributed by atoms with Crippen LogP contribution in [0.2, 0.25) is 0 Å². The highest BCUT2D eigenvalue weighted by molar-refractivity contribution is 5.92. The minimum atomic E-state index is -1.77. The average Bonchev–Trinajstić information content (AvgIpc) is 3.73. The molecule has 1 aromatic carbocycles. The van der Waals surface area contributed by atoms with Gasteiger partial charge in [-0.2, -0.15) is 0 Å². The van der Waals surface area contributed by atoms with E-state index in [0.29, 0.717) is 22.2 Å². The van der Waals surface area contributed by atoms with Crippen molar-refractivity contribution in [2.24, 2.45) is 23.7 Å². The lowest BCUT2D eigenvalue weighted by atomic mass is 9.70. The Bertz CT molecular complexity index is 2260. The lowest BCUT2D eigenvalue weighted by Gasteiger charge is -2.49. The molecule has 3 fully saturated rings. The molecule has 0 bridgehead atoms. The van der Waals surface area contributed by atoms with Gasteiger partial charge in [0, 0.05) is 46.2 Å². The Hall–Kier alpha value is -4.79. The molecule has 6 aliphatic heterocycles. The SMILES string of the molecule is C=C[C@H]1[C@H](O[C@@H]2O[C@H](CO)[C@@H](O)[C@H](O)[C@H]2O)OC=C(C(=O)OC)[C@H]1C[C@H]1c2[nH]c3ccccc3c2[C@@H]([C@H]2C[C@@H]3C(=CO[C@@H](O[C@@H]4O[C@H](CO)[C@@H](O)[C@H](O)[C@H]4O)[C@@H]3C=C)C(=O)O2)[C@@H](C(=O)OC)N1C. The maximum absolute atomic E-state index is 14.4. The maximum Gasteiger partial charge on any atom is 0.337 e. The number of likely N-dealkylation sites (N-methyl/N-ethyl adjacent to an activating group) is 1. The van der Waals surface area contributed by atoms with Crippen molar-refractivity contribution in [1.29, 1.82) is 0 Å². The molecule has 22 nitrogen and oxygen atoms in total. The van der Waals surface area contributed by atoms with E-state index in [1.54, 1.807) is 11.9 Å². The fourth-order valence-electron chi connectivity index (χ4n) is 10.6. The molecule has 0 spiro atoms. The number of nitrogens with one attached hydrogen (secondary N) is 1. The number of rotatable bonds is 13. The van der Waals surface area contributed by atoms with E-state index in [9.17, 15) is 55.2 Å². The predicted octanol–water partition coefficient (Wildman–Crippen LogP) is -1.39. The molecule has 372 valence electrons. The van der Waals surface area contributed by atoms with Gasteiger partial charge < -0.3 is 88.5 Å². The number of para-hydroxylation sites is 1. The van der Waals surface area contributed by atoms with Crippen LogP contribution in [0.1, 0.15) is 36.1 Å². The van der Waals surface area contributed by atoms with E-state index >= 15 is 0 Å². The summed E-state index contributed by atoms with van der Waals surface area (Å²) in [5, 5.41) is 83.5.